The van der Waals surface area contributed by atoms with E-state index in [4.69, 9.17) is 9.84 Å². The van der Waals surface area contributed by atoms with E-state index in [-0.39, 0.29) is 23.5 Å². The van der Waals surface area contributed by atoms with Crippen LogP contribution in [0.3, 0.4) is 0 Å². The molecule has 0 aromatic heterocycles. The summed E-state index contributed by atoms with van der Waals surface area (Å²) in [6.45, 7) is 1.93. The minimum absolute atomic E-state index is 0.0280. The summed E-state index contributed by atoms with van der Waals surface area (Å²) in [4.78, 5) is 21.2. The molecule has 116 valence electrons. The van der Waals surface area contributed by atoms with E-state index in [2.05, 4.69) is 5.32 Å². The van der Waals surface area contributed by atoms with Crippen molar-refractivity contribution in [3.63, 3.8) is 0 Å². The third kappa shape index (κ3) is 5.01. The zero-order valence-corrected chi connectivity index (χ0v) is 11.8. The average molecular weight is 298 g/mol. The number of carbonyl (C=O) groups is 1. The number of aromatic carboxylic acids is 1. The van der Waals surface area contributed by atoms with Crippen LogP contribution in [-0.4, -0.2) is 47.0 Å². The van der Waals surface area contributed by atoms with Gasteiger partial charge in [0, 0.05) is 32.7 Å². The Morgan fingerprint density at radius 3 is 2.71 bits per heavy atom. The van der Waals surface area contributed by atoms with E-state index >= 15 is 0 Å². The van der Waals surface area contributed by atoms with Gasteiger partial charge in [-0.25, -0.2) is 4.79 Å². The Morgan fingerprint density at radius 2 is 2.19 bits per heavy atom. The van der Waals surface area contributed by atoms with Gasteiger partial charge in [-0.1, -0.05) is 0 Å². The van der Waals surface area contributed by atoms with Gasteiger partial charge in [-0.3, -0.25) is 10.1 Å². The molecule has 0 aliphatic heterocycles. The molecular formula is C13H18N2O6. The van der Waals surface area contributed by atoms with E-state index in [9.17, 15) is 20.0 Å². The van der Waals surface area contributed by atoms with Gasteiger partial charge in [0.25, 0.3) is 5.69 Å². The first-order valence-electron chi connectivity index (χ1n) is 6.24. The number of hydrogen-bond acceptors (Lipinski definition) is 6. The number of ether oxygens (including phenoxy) is 1. The Kier molecular flexibility index (Phi) is 5.62. The normalized spacial score (nSPS) is 13.5. The minimum Gasteiger partial charge on any atom is -0.478 e. The molecular weight excluding hydrogens is 280 g/mol. The van der Waals surface area contributed by atoms with Gasteiger partial charge in [-0.2, -0.15) is 0 Å². The first kappa shape index (κ1) is 16.9. The third-order valence-electron chi connectivity index (χ3n) is 2.94. The van der Waals surface area contributed by atoms with Crippen LogP contribution in [-0.2, 0) is 4.74 Å². The Bertz CT molecular complexity index is 529. The zero-order valence-electron chi connectivity index (χ0n) is 11.8. The van der Waals surface area contributed by atoms with Crippen molar-refractivity contribution in [3.05, 3.63) is 33.9 Å². The highest BCUT2D eigenvalue weighted by atomic mass is 16.6. The molecule has 1 aromatic rings. The standard InChI is InChI=1S/C13H18N2O6/c1-13(18,5-6-21-2)8-14-10-7-9(12(16)17)3-4-11(10)15(19)20/h3-4,7,14,18H,5-6,8H2,1-2H3,(H,16,17). The fourth-order valence-electron chi connectivity index (χ4n) is 1.67. The number of benzene rings is 1. The average Bonchev–Trinajstić information content (AvgIpc) is 2.42. The van der Waals surface area contributed by atoms with Crippen LogP contribution in [0.15, 0.2) is 18.2 Å². The number of nitrogens with one attached hydrogen (secondary N) is 1. The molecule has 21 heavy (non-hydrogen) atoms. The van der Waals surface area contributed by atoms with Crippen LogP contribution < -0.4 is 5.32 Å². The molecule has 1 unspecified atom stereocenters. The molecule has 1 rings (SSSR count). The lowest BCUT2D eigenvalue weighted by Gasteiger charge is -2.23. The summed E-state index contributed by atoms with van der Waals surface area (Å²) in [5, 5.41) is 32.7. The summed E-state index contributed by atoms with van der Waals surface area (Å²) in [6, 6.07) is 3.46. The van der Waals surface area contributed by atoms with Crippen molar-refractivity contribution >= 4 is 17.3 Å². The summed E-state index contributed by atoms with van der Waals surface area (Å²) in [5.74, 6) is -1.18. The Labute approximate surface area is 121 Å². The van der Waals surface area contributed by atoms with E-state index in [1.165, 1.54) is 13.2 Å². The predicted octanol–water partition coefficient (Wildman–Crippen LogP) is 1.49. The fraction of sp³-hybridized carbons (Fsp3) is 0.462. The van der Waals surface area contributed by atoms with Gasteiger partial charge in [0.15, 0.2) is 0 Å². The summed E-state index contributed by atoms with van der Waals surface area (Å²) in [5.41, 5.74) is -1.40. The second-order valence-corrected chi connectivity index (χ2v) is 4.89. The van der Waals surface area contributed by atoms with Gasteiger partial charge in [0.05, 0.1) is 16.1 Å². The maximum absolute atomic E-state index is 10.9. The first-order chi connectivity index (χ1) is 9.76. The SMILES string of the molecule is COCCC(C)(O)CNc1cc(C(=O)O)ccc1[N+](=O)[O-]. The lowest BCUT2D eigenvalue weighted by molar-refractivity contribution is -0.384. The smallest absolute Gasteiger partial charge is 0.335 e. The summed E-state index contributed by atoms with van der Waals surface area (Å²) >= 11 is 0. The molecule has 0 heterocycles. The summed E-state index contributed by atoms with van der Waals surface area (Å²) in [7, 11) is 1.50. The van der Waals surface area contributed by atoms with Crippen molar-refractivity contribution in [2.24, 2.45) is 0 Å². The van der Waals surface area contributed by atoms with Gasteiger partial charge in [0.1, 0.15) is 5.69 Å². The van der Waals surface area contributed by atoms with E-state index in [0.29, 0.717) is 13.0 Å². The molecule has 0 fully saturated rings. The highest BCUT2D eigenvalue weighted by Gasteiger charge is 2.22. The highest BCUT2D eigenvalue weighted by molar-refractivity contribution is 5.90. The van der Waals surface area contributed by atoms with E-state index in [1.807, 2.05) is 0 Å². The van der Waals surface area contributed by atoms with Gasteiger partial charge in [0.2, 0.25) is 0 Å². The fourth-order valence-corrected chi connectivity index (χ4v) is 1.67. The Morgan fingerprint density at radius 1 is 1.52 bits per heavy atom. The molecule has 0 bridgehead atoms. The molecule has 1 atom stereocenters. The number of aliphatic hydroxyl groups is 1. The monoisotopic (exact) mass is 298 g/mol. The van der Waals surface area contributed by atoms with Crippen molar-refractivity contribution in [1.82, 2.24) is 0 Å². The highest BCUT2D eigenvalue weighted by Crippen LogP contribution is 2.26. The number of nitro benzene ring substituents is 1. The number of carboxylic acids is 1. The minimum atomic E-state index is -1.18. The lowest BCUT2D eigenvalue weighted by Crippen LogP contribution is -2.34. The number of nitrogens with zero attached hydrogens (tertiary/aromatic N) is 1. The van der Waals surface area contributed by atoms with Gasteiger partial charge in [-0.05, 0) is 19.1 Å². The zero-order chi connectivity index (χ0) is 16.0. The molecule has 0 amide bonds. The molecule has 0 saturated carbocycles. The number of methoxy groups -OCH3 is 1. The topological polar surface area (TPSA) is 122 Å². The molecule has 8 heteroatoms. The summed E-state index contributed by atoms with van der Waals surface area (Å²) in [6.07, 6.45) is 0.336. The van der Waals surface area contributed by atoms with E-state index in [1.54, 1.807) is 6.92 Å². The Hall–Kier alpha value is -2.19. The molecule has 0 radical (unpaired) electrons. The van der Waals surface area contributed by atoms with Crippen molar-refractivity contribution in [2.45, 2.75) is 18.9 Å². The number of carboxylic acid groups (broad SMARTS) is 1. The van der Waals surface area contributed by atoms with E-state index in [0.717, 1.165) is 12.1 Å². The van der Waals surface area contributed by atoms with Gasteiger partial charge >= 0.3 is 5.97 Å². The maximum atomic E-state index is 10.9. The number of nitro groups is 1. The summed E-state index contributed by atoms with van der Waals surface area (Å²) < 4.78 is 4.87. The molecule has 3 N–H and O–H groups in total. The second kappa shape index (κ2) is 7.00. The van der Waals surface area contributed by atoms with Gasteiger partial charge < -0.3 is 20.3 Å². The van der Waals surface area contributed by atoms with Crippen LogP contribution in [0.25, 0.3) is 0 Å². The molecule has 8 nitrogen and oxygen atoms in total. The molecule has 1 aromatic carbocycles. The quantitative estimate of drug-likeness (QED) is 0.491. The number of rotatable bonds is 8. The Balaban J connectivity index is 2.92. The van der Waals surface area contributed by atoms with Crippen LogP contribution in [0.1, 0.15) is 23.7 Å². The van der Waals surface area contributed by atoms with Crippen LogP contribution >= 0.6 is 0 Å². The predicted molar refractivity (Wildman–Crippen MR) is 75.7 cm³/mol. The van der Waals surface area contributed by atoms with Crippen molar-refractivity contribution < 1.29 is 24.7 Å². The van der Waals surface area contributed by atoms with Crippen molar-refractivity contribution in [1.29, 1.82) is 0 Å². The first-order valence-corrected chi connectivity index (χ1v) is 6.24. The largest absolute Gasteiger partial charge is 0.478 e. The molecule has 0 aliphatic carbocycles. The molecule has 0 saturated heterocycles. The lowest BCUT2D eigenvalue weighted by atomic mass is 10.0. The van der Waals surface area contributed by atoms with Crippen LogP contribution in [0, 0.1) is 10.1 Å². The van der Waals surface area contributed by atoms with Crippen LogP contribution in [0.4, 0.5) is 11.4 Å². The maximum Gasteiger partial charge on any atom is 0.335 e. The number of hydrogen-bond donors (Lipinski definition) is 3. The van der Waals surface area contributed by atoms with Crippen LogP contribution in [0.2, 0.25) is 0 Å². The third-order valence-corrected chi connectivity index (χ3v) is 2.94. The number of anilines is 1. The van der Waals surface area contributed by atoms with Crippen LogP contribution in [0.5, 0.6) is 0 Å². The van der Waals surface area contributed by atoms with Crippen molar-refractivity contribution in [3.8, 4) is 0 Å². The van der Waals surface area contributed by atoms with Gasteiger partial charge in [-0.15, -0.1) is 0 Å². The van der Waals surface area contributed by atoms with Crippen molar-refractivity contribution in [2.75, 3.05) is 25.6 Å². The van der Waals surface area contributed by atoms with E-state index < -0.39 is 16.5 Å². The molecule has 0 spiro atoms. The second-order valence-electron chi connectivity index (χ2n) is 4.89. The molecule has 0 aliphatic rings.